The molecule has 2 unspecified atom stereocenters. The third kappa shape index (κ3) is 3.45. The smallest absolute Gasteiger partial charge is 0.246 e. The van der Waals surface area contributed by atoms with Crippen molar-refractivity contribution < 1.29 is 14.3 Å². The molecule has 1 aliphatic heterocycles. The normalized spacial score (nSPS) is 21.1. The second-order valence-corrected chi connectivity index (χ2v) is 5.41. The first-order chi connectivity index (χ1) is 9.47. The van der Waals surface area contributed by atoms with E-state index in [0.717, 1.165) is 17.6 Å². The third-order valence-corrected chi connectivity index (χ3v) is 3.86. The van der Waals surface area contributed by atoms with E-state index in [1.165, 1.54) is 12.1 Å². The largest absolute Gasteiger partial charge is 0.393 e. The van der Waals surface area contributed by atoms with E-state index in [1.54, 1.807) is 30.0 Å². The van der Waals surface area contributed by atoms with Crippen LogP contribution in [0.25, 0.3) is 5.57 Å². The highest BCUT2D eigenvalue weighted by Gasteiger charge is 2.28. The van der Waals surface area contributed by atoms with E-state index < -0.39 is 0 Å². The molecule has 0 bridgehead atoms. The number of likely N-dealkylation sites (tertiary alicyclic amines) is 1. The molecule has 3 nitrogen and oxygen atoms in total. The maximum atomic E-state index is 12.9. The lowest BCUT2D eigenvalue weighted by Crippen LogP contribution is -2.29. The van der Waals surface area contributed by atoms with Crippen LogP contribution in [0.3, 0.4) is 0 Å². The van der Waals surface area contributed by atoms with Crippen molar-refractivity contribution in [3.63, 3.8) is 0 Å². The van der Waals surface area contributed by atoms with Crippen LogP contribution in [0.15, 0.2) is 30.3 Å². The van der Waals surface area contributed by atoms with Gasteiger partial charge in [0.2, 0.25) is 5.91 Å². The Kier molecular flexibility index (Phi) is 4.55. The van der Waals surface area contributed by atoms with Gasteiger partial charge in [0.05, 0.1) is 6.10 Å². The van der Waals surface area contributed by atoms with Crippen molar-refractivity contribution in [1.82, 2.24) is 4.90 Å². The quantitative estimate of drug-likeness (QED) is 0.862. The fraction of sp³-hybridized carbons (Fsp3) is 0.438. The van der Waals surface area contributed by atoms with Crippen molar-refractivity contribution in [1.29, 1.82) is 0 Å². The first-order valence-electron chi connectivity index (χ1n) is 6.88. The molecule has 1 aliphatic rings. The summed E-state index contributed by atoms with van der Waals surface area (Å²) in [5, 5.41) is 9.55. The molecular weight excluding hydrogens is 257 g/mol. The summed E-state index contributed by atoms with van der Waals surface area (Å²) < 4.78 is 12.9. The highest BCUT2D eigenvalue weighted by molar-refractivity contribution is 5.95. The third-order valence-electron chi connectivity index (χ3n) is 3.86. The zero-order chi connectivity index (χ0) is 14.7. The second-order valence-electron chi connectivity index (χ2n) is 5.41. The maximum absolute atomic E-state index is 12.9. The number of allylic oxidation sites excluding steroid dienone is 1. The van der Waals surface area contributed by atoms with Gasteiger partial charge in [-0.2, -0.15) is 0 Å². The Morgan fingerprint density at radius 3 is 2.65 bits per heavy atom. The van der Waals surface area contributed by atoms with Crippen LogP contribution < -0.4 is 0 Å². The van der Waals surface area contributed by atoms with E-state index in [2.05, 4.69) is 0 Å². The van der Waals surface area contributed by atoms with Crippen LogP contribution in [-0.2, 0) is 4.79 Å². The number of amides is 1. The van der Waals surface area contributed by atoms with Gasteiger partial charge in [-0.15, -0.1) is 0 Å². The monoisotopic (exact) mass is 277 g/mol. The molecule has 4 heteroatoms. The molecule has 0 saturated carbocycles. The Labute approximate surface area is 118 Å². The predicted molar refractivity (Wildman–Crippen MR) is 76.4 cm³/mol. The minimum absolute atomic E-state index is 0.0463. The van der Waals surface area contributed by atoms with Crippen LogP contribution in [0, 0.1) is 11.7 Å². The number of rotatable bonds is 3. The van der Waals surface area contributed by atoms with Gasteiger partial charge >= 0.3 is 0 Å². The van der Waals surface area contributed by atoms with Crippen LogP contribution in [0.5, 0.6) is 0 Å². The Morgan fingerprint density at radius 2 is 2.10 bits per heavy atom. The molecule has 20 heavy (non-hydrogen) atoms. The van der Waals surface area contributed by atoms with Gasteiger partial charge in [-0.3, -0.25) is 4.79 Å². The topological polar surface area (TPSA) is 40.5 Å². The van der Waals surface area contributed by atoms with E-state index in [0.29, 0.717) is 13.1 Å². The molecule has 0 spiro atoms. The Morgan fingerprint density at radius 1 is 1.45 bits per heavy atom. The average molecular weight is 277 g/mol. The fourth-order valence-electron chi connectivity index (χ4n) is 2.45. The molecule has 1 saturated heterocycles. The molecule has 0 aromatic heterocycles. The lowest BCUT2D eigenvalue weighted by molar-refractivity contribution is -0.125. The van der Waals surface area contributed by atoms with Gasteiger partial charge in [-0.05, 0) is 43.5 Å². The molecule has 1 N–H and O–H groups in total. The number of nitrogens with zero attached hydrogens (tertiary/aromatic N) is 1. The first-order valence-corrected chi connectivity index (χ1v) is 6.88. The molecular formula is C16H20FNO2. The number of carbonyl (C=O) groups excluding carboxylic acids is 1. The fourth-order valence-corrected chi connectivity index (χ4v) is 2.45. The number of hydrogen-bond acceptors (Lipinski definition) is 2. The molecule has 2 atom stereocenters. The predicted octanol–water partition coefficient (Wildman–Crippen LogP) is 2.46. The molecule has 1 aromatic rings. The van der Waals surface area contributed by atoms with E-state index in [4.69, 9.17) is 0 Å². The van der Waals surface area contributed by atoms with Gasteiger partial charge in [-0.1, -0.05) is 12.1 Å². The van der Waals surface area contributed by atoms with Crippen molar-refractivity contribution in [3.8, 4) is 0 Å². The standard InChI is InChI=1S/C16H20FNO2/c1-11(13-3-5-15(17)6-4-13)9-16(20)18-8-7-14(10-18)12(2)19/h3-6,9,12,14,19H,7-8,10H2,1-2H3/b11-9-. The molecule has 1 aromatic carbocycles. The summed E-state index contributed by atoms with van der Waals surface area (Å²) in [4.78, 5) is 13.9. The number of benzene rings is 1. The minimum Gasteiger partial charge on any atom is -0.393 e. The molecule has 1 amide bonds. The Balaban J connectivity index is 2.03. The van der Waals surface area contributed by atoms with E-state index in [-0.39, 0.29) is 23.7 Å². The lowest BCUT2D eigenvalue weighted by atomic mass is 10.0. The summed E-state index contributed by atoms with van der Waals surface area (Å²) in [6.45, 7) is 4.89. The first kappa shape index (κ1) is 14.7. The summed E-state index contributed by atoms with van der Waals surface area (Å²) in [6, 6.07) is 6.10. The van der Waals surface area contributed by atoms with Crippen LogP contribution in [-0.4, -0.2) is 35.1 Å². The zero-order valence-electron chi connectivity index (χ0n) is 11.8. The SMILES string of the molecule is C/C(=C/C(=O)N1CCC(C(C)O)C1)c1ccc(F)cc1. The van der Waals surface area contributed by atoms with E-state index in [9.17, 15) is 14.3 Å². The van der Waals surface area contributed by atoms with Crippen molar-refractivity contribution >= 4 is 11.5 Å². The van der Waals surface area contributed by atoms with Crippen LogP contribution >= 0.6 is 0 Å². The Bertz CT molecular complexity index is 508. The highest BCUT2D eigenvalue weighted by Crippen LogP contribution is 2.21. The molecule has 108 valence electrons. The summed E-state index contributed by atoms with van der Waals surface area (Å²) in [7, 11) is 0. The van der Waals surface area contributed by atoms with E-state index in [1.807, 2.05) is 6.92 Å². The minimum atomic E-state index is -0.380. The number of hydrogen-bond donors (Lipinski definition) is 1. The van der Waals surface area contributed by atoms with Gasteiger partial charge in [0.1, 0.15) is 5.82 Å². The summed E-state index contributed by atoms with van der Waals surface area (Å²) >= 11 is 0. The molecule has 2 rings (SSSR count). The molecule has 1 heterocycles. The van der Waals surface area contributed by atoms with Gasteiger partial charge in [0.15, 0.2) is 0 Å². The zero-order valence-corrected chi connectivity index (χ0v) is 11.8. The van der Waals surface area contributed by atoms with Gasteiger partial charge in [-0.25, -0.2) is 4.39 Å². The number of aliphatic hydroxyl groups excluding tert-OH is 1. The highest BCUT2D eigenvalue weighted by atomic mass is 19.1. The molecule has 1 fully saturated rings. The summed E-state index contributed by atoms with van der Waals surface area (Å²) in [5.41, 5.74) is 1.65. The average Bonchev–Trinajstić information content (AvgIpc) is 2.89. The van der Waals surface area contributed by atoms with Gasteiger partial charge < -0.3 is 10.0 Å². The maximum Gasteiger partial charge on any atom is 0.246 e. The second kappa shape index (κ2) is 6.18. The number of halogens is 1. The number of aliphatic hydroxyl groups is 1. The van der Waals surface area contributed by atoms with Gasteiger partial charge in [0.25, 0.3) is 0 Å². The molecule has 0 aliphatic carbocycles. The van der Waals surface area contributed by atoms with Gasteiger partial charge in [0, 0.05) is 25.1 Å². The van der Waals surface area contributed by atoms with E-state index >= 15 is 0 Å². The summed E-state index contributed by atoms with van der Waals surface area (Å²) in [5.74, 6) is -0.166. The van der Waals surface area contributed by atoms with Crippen molar-refractivity contribution in [2.75, 3.05) is 13.1 Å². The van der Waals surface area contributed by atoms with Crippen LogP contribution in [0.2, 0.25) is 0 Å². The van der Waals surface area contributed by atoms with Crippen molar-refractivity contribution in [3.05, 3.63) is 41.7 Å². The lowest BCUT2D eigenvalue weighted by Gasteiger charge is -2.16. The van der Waals surface area contributed by atoms with Crippen LogP contribution in [0.1, 0.15) is 25.8 Å². The Hall–Kier alpha value is -1.68. The van der Waals surface area contributed by atoms with Crippen molar-refractivity contribution in [2.24, 2.45) is 5.92 Å². The van der Waals surface area contributed by atoms with Crippen LogP contribution in [0.4, 0.5) is 4.39 Å². The summed E-state index contributed by atoms with van der Waals surface area (Å²) in [6.07, 6.45) is 2.04. The molecule has 0 radical (unpaired) electrons. The number of carbonyl (C=O) groups is 1. The van der Waals surface area contributed by atoms with Crippen molar-refractivity contribution in [2.45, 2.75) is 26.4 Å².